The van der Waals surface area contributed by atoms with Crippen LogP contribution in [0.15, 0.2) is 11.4 Å². The van der Waals surface area contributed by atoms with Gasteiger partial charge in [0.25, 0.3) is 0 Å². The van der Waals surface area contributed by atoms with Crippen molar-refractivity contribution in [1.29, 1.82) is 0 Å². The van der Waals surface area contributed by atoms with Crippen LogP contribution in [-0.4, -0.2) is 30.7 Å². The van der Waals surface area contributed by atoms with Crippen molar-refractivity contribution >= 4 is 11.3 Å². The van der Waals surface area contributed by atoms with Crippen molar-refractivity contribution in [3.8, 4) is 0 Å². The van der Waals surface area contributed by atoms with Crippen molar-refractivity contribution < 1.29 is 13.2 Å². The Morgan fingerprint density at radius 2 is 2.06 bits per heavy atom. The second-order valence-corrected chi connectivity index (χ2v) is 5.46. The molecule has 0 saturated heterocycles. The van der Waals surface area contributed by atoms with Gasteiger partial charge < -0.3 is 5.73 Å². The van der Waals surface area contributed by atoms with Gasteiger partial charge >= 0.3 is 6.18 Å². The summed E-state index contributed by atoms with van der Waals surface area (Å²) in [6, 6.07) is 1.24. The molecule has 104 valence electrons. The van der Waals surface area contributed by atoms with Gasteiger partial charge in [0, 0.05) is 10.9 Å². The van der Waals surface area contributed by atoms with Gasteiger partial charge in [-0.2, -0.15) is 13.2 Å². The number of aryl methyl sites for hydroxylation is 1. The van der Waals surface area contributed by atoms with E-state index in [4.69, 9.17) is 5.73 Å². The number of thiophene rings is 1. The number of likely N-dealkylation sites (N-methyl/N-ethyl adjacent to an activating group) is 1. The fourth-order valence-electron chi connectivity index (χ4n) is 2.01. The summed E-state index contributed by atoms with van der Waals surface area (Å²) in [5, 5.41) is 1.89. The van der Waals surface area contributed by atoms with Crippen molar-refractivity contribution in [3.63, 3.8) is 0 Å². The number of nitrogens with two attached hydrogens (primary N) is 1. The minimum atomic E-state index is -4.20. The Kier molecular flexibility index (Phi) is 5.19. The van der Waals surface area contributed by atoms with E-state index >= 15 is 0 Å². The van der Waals surface area contributed by atoms with Gasteiger partial charge in [0.1, 0.15) is 0 Å². The predicted molar refractivity (Wildman–Crippen MR) is 68.7 cm³/mol. The molecule has 0 spiro atoms. The second-order valence-electron chi connectivity index (χ2n) is 4.52. The third-order valence-corrected chi connectivity index (χ3v) is 4.04. The third-order valence-electron chi connectivity index (χ3n) is 2.95. The van der Waals surface area contributed by atoms with Crippen LogP contribution in [0.1, 0.15) is 29.8 Å². The number of hydrogen-bond acceptors (Lipinski definition) is 3. The number of halogens is 3. The first kappa shape index (κ1) is 15.5. The summed E-state index contributed by atoms with van der Waals surface area (Å²) in [5.74, 6) is 0. The van der Waals surface area contributed by atoms with Gasteiger partial charge in [-0.15, -0.1) is 11.3 Å². The fourth-order valence-corrected chi connectivity index (χ4v) is 3.18. The monoisotopic (exact) mass is 280 g/mol. The molecule has 18 heavy (non-hydrogen) atoms. The van der Waals surface area contributed by atoms with Crippen LogP contribution in [-0.2, 0) is 0 Å². The van der Waals surface area contributed by atoms with Gasteiger partial charge in [0.15, 0.2) is 0 Å². The zero-order valence-corrected chi connectivity index (χ0v) is 11.6. The largest absolute Gasteiger partial charge is 0.401 e. The molecule has 0 amide bonds. The molecule has 0 radical (unpaired) electrons. The highest BCUT2D eigenvalue weighted by Crippen LogP contribution is 2.32. The Morgan fingerprint density at radius 1 is 1.44 bits per heavy atom. The van der Waals surface area contributed by atoms with Crippen molar-refractivity contribution in [3.05, 3.63) is 21.9 Å². The summed E-state index contributed by atoms with van der Waals surface area (Å²) >= 11 is 1.47. The molecule has 0 aromatic carbocycles. The molecule has 1 aromatic rings. The number of rotatable bonds is 5. The van der Waals surface area contributed by atoms with Crippen molar-refractivity contribution in [1.82, 2.24) is 4.90 Å². The quantitative estimate of drug-likeness (QED) is 0.896. The number of alkyl halides is 3. The van der Waals surface area contributed by atoms with Gasteiger partial charge in [0.2, 0.25) is 0 Å². The molecule has 2 N–H and O–H groups in total. The van der Waals surface area contributed by atoms with Gasteiger partial charge in [-0.25, -0.2) is 0 Å². The molecule has 0 saturated carbocycles. The van der Waals surface area contributed by atoms with E-state index in [2.05, 4.69) is 0 Å². The molecule has 2 unspecified atom stereocenters. The zero-order chi connectivity index (χ0) is 13.9. The van der Waals surface area contributed by atoms with Gasteiger partial charge in [-0.1, -0.05) is 6.92 Å². The van der Waals surface area contributed by atoms with E-state index in [1.807, 2.05) is 25.3 Å². The number of hydrogen-bond donors (Lipinski definition) is 1. The van der Waals surface area contributed by atoms with E-state index in [0.717, 1.165) is 10.4 Å². The van der Waals surface area contributed by atoms with Crippen LogP contribution in [0.3, 0.4) is 0 Å². The minimum Gasteiger partial charge on any atom is -0.326 e. The van der Waals surface area contributed by atoms with E-state index in [0.29, 0.717) is 6.42 Å². The normalized spacial score (nSPS) is 16.0. The summed E-state index contributed by atoms with van der Waals surface area (Å²) in [7, 11) is 1.48. The standard InChI is InChI=1S/C12H19F3N2S/c1-4-9(16)10(11-8(2)5-6-18-11)17(3)7-12(13,14)15/h5-6,9-10H,4,7,16H2,1-3H3. The minimum absolute atomic E-state index is 0.297. The number of nitrogens with zero attached hydrogens (tertiary/aromatic N) is 1. The van der Waals surface area contributed by atoms with Gasteiger partial charge in [-0.3, -0.25) is 4.90 Å². The molecule has 1 heterocycles. The lowest BCUT2D eigenvalue weighted by Crippen LogP contribution is -2.42. The van der Waals surface area contributed by atoms with E-state index in [9.17, 15) is 13.2 Å². The molecule has 0 aliphatic heterocycles. The van der Waals surface area contributed by atoms with E-state index in [1.165, 1.54) is 23.3 Å². The lowest BCUT2D eigenvalue weighted by Gasteiger charge is -2.32. The van der Waals surface area contributed by atoms with Crippen LogP contribution in [0, 0.1) is 6.92 Å². The summed E-state index contributed by atoms with van der Waals surface area (Å²) < 4.78 is 37.5. The first-order valence-electron chi connectivity index (χ1n) is 5.82. The first-order chi connectivity index (χ1) is 8.26. The molecule has 6 heteroatoms. The molecule has 1 rings (SSSR count). The average molecular weight is 280 g/mol. The summed E-state index contributed by atoms with van der Waals surface area (Å²) in [4.78, 5) is 2.23. The van der Waals surface area contributed by atoms with E-state index in [1.54, 1.807) is 0 Å². The van der Waals surface area contributed by atoms with E-state index < -0.39 is 12.7 Å². The van der Waals surface area contributed by atoms with Crippen LogP contribution in [0.5, 0.6) is 0 Å². The van der Waals surface area contributed by atoms with E-state index in [-0.39, 0.29) is 12.1 Å². The maximum atomic E-state index is 12.5. The van der Waals surface area contributed by atoms with Crippen LogP contribution in [0.25, 0.3) is 0 Å². The molecule has 2 nitrogen and oxygen atoms in total. The van der Waals surface area contributed by atoms with Gasteiger partial charge in [-0.05, 0) is 37.4 Å². The van der Waals surface area contributed by atoms with Crippen molar-refractivity contribution in [2.45, 2.75) is 38.5 Å². The molecule has 0 aliphatic rings. The fraction of sp³-hybridized carbons (Fsp3) is 0.667. The summed E-state index contributed by atoms with van der Waals surface area (Å²) in [5.41, 5.74) is 7.00. The molecule has 2 atom stereocenters. The summed E-state index contributed by atoms with van der Waals surface area (Å²) in [6.45, 7) is 2.85. The molecular formula is C12H19F3N2S. The van der Waals surface area contributed by atoms with Gasteiger partial charge in [0.05, 0.1) is 12.6 Å². The molecule has 0 aliphatic carbocycles. The second kappa shape index (κ2) is 6.04. The highest BCUT2D eigenvalue weighted by molar-refractivity contribution is 7.10. The molecule has 1 aromatic heterocycles. The Morgan fingerprint density at radius 3 is 2.44 bits per heavy atom. The zero-order valence-electron chi connectivity index (χ0n) is 10.8. The van der Waals surface area contributed by atoms with Crippen LogP contribution in [0.4, 0.5) is 13.2 Å². The van der Waals surface area contributed by atoms with Crippen molar-refractivity contribution in [2.24, 2.45) is 5.73 Å². The topological polar surface area (TPSA) is 29.3 Å². The van der Waals surface area contributed by atoms with Crippen molar-refractivity contribution in [2.75, 3.05) is 13.6 Å². The lowest BCUT2D eigenvalue weighted by molar-refractivity contribution is -0.148. The maximum Gasteiger partial charge on any atom is 0.401 e. The average Bonchev–Trinajstić information content (AvgIpc) is 2.62. The summed E-state index contributed by atoms with van der Waals surface area (Å²) in [6.07, 6.45) is -3.56. The third kappa shape index (κ3) is 3.96. The molecule has 0 bridgehead atoms. The predicted octanol–water partition coefficient (Wildman–Crippen LogP) is 3.33. The van der Waals surface area contributed by atoms with Crippen LogP contribution >= 0.6 is 11.3 Å². The highest BCUT2D eigenvalue weighted by Gasteiger charge is 2.35. The Balaban J connectivity index is 2.96. The van der Waals surface area contributed by atoms with Crippen LogP contribution in [0.2, 0.25) is 0 Å². The Bertz CT molecular complexity index is 376. The molecular weight excluding hydrogens is 261 g/mol. The maximum absolute atomic E-state index is 12.5. The Hall–Kier alpha value is -0.590. The first-order valence-corrected chi connectivity index (χ1v) is 6.70. The highest BCUT2D eigenvalue weighted by atomic mass is 32.1. The Labute approximate surface area is 110 Å². The molecule has 0 fully saturated rings. The SMILES string of the molecule is CCC(N)C(c1sccc1C)N(C)CC(F)(F)F. The lowest BCUT2D eigenvalue weighted by atomic mass is 10.0. The smallest absolute Gasteiger partial charge is 0.326 e. The van der Waals surface area contributed by atoms with Crippen LogP contribution < -0.4 is 5.73 Å².